The molecule has 2 amide bonds. The Balaban J connectivity index is 1.49. The molecule has 0 unspecified atom stereocenters. The first-order valence-corrected chi connectivity index (χ1v) is 9.07. The lowest BCUT2D eigenvalue weighted by Crippen LogP contribution is -2.43. The van der Waals surface area contributed by atoms with E-state index in [1.54, 1.807) is 24.3 Å². The summed E-state index contributed by atoms with van der Waals surface area (Å²) >= 11 is 0. The van der Waals surface area contributed by atoms with Gasteiger partial charge in [-0.05, 0) is 23.8 Å². The summed E-state index contributed by atoms with van der Waals surface area (Å²) in [5, 5.41) is 11.5. The second kappa shape index (κ2) is 7.59. The number of nitrogens with zero attached hydrogens (tertiary/aromatic N) is 3. The van der Waals surface area contributed by atoms with Crippen LogP contribution in [0.2, 0.25) is 0 Å². The molecule has 0 spiro atoms. The number of pyridine rings is 1. The zero-order valence-electron chi connectivity index (χ0n) is 15.6. The Labute approximate surface area is 170 Å². The lowest BCUT2D eigenvalue weighted by molar-refractivity contribution is -0.131. The molecule has 2 aromatic rings. The highest BCUT2D eigenvalue weighted by Crippen LogP contribution is 2.36. The SMILES string of the molecule is N#C[C@@H]1CC(F)(F)CN1C(=O)CNC(=O)c1ccncc1-c1ccc2c(c1)OCO2. The average Bonchev–Trinajstić information content (AvgIpc) is 3.34. The molecule has 1 aromatic heterocycles. The third kappa shape index (κ3) is 3.74. The van der Waals surface area contributed by atoms with Crippen LogP contribution in [0.3, 0.4) is 0 Å². The molecule has 1 aromatic carbocycles. The number of aromatic nitrogens is 1. The average molecular weight is 414 g/mol. The number of hydrogen-bond acceptors (Lipinski definition) is 6. The number of nitrogens with one attached hydrogen (secondary N) is 1. The molecule has 1 N–H and O–H groups in total. The van der Waals surface area contributed by atoms with Gasteiger partial charge >= 0.3 is 0 Å². The Morgan fingerprint density at radius 3 is 2.90 bits per heavy atom. The predicted molar refractivity (Wildman–Crippen MR) is 98.8 cm³/mol. The van der Waals surface area contributed by atoms with Gasteiger partial charge in [-0.15, -0.1) is 0 Å². The first-order valence-electron chi connectivity index (χ1n) is 9.07. The molecule has 10 heteroatoms. The largest absolute Gasteiger partial charge is 0.454 e. The molecular weight excluding hydrogens is 398 g/mol. The van der Waals surface area contributed by atoms with Crippen LogP contribution in [0, 0.1) is 11.3 Å². The molecule has 8 nitrogen and oxygen atoms in total. The summed E-state index contributed by atoms with van der Waals surface area (Å²) < 4.78 is 37.7. The molecule has 30 heavy (non-hydrogen) atoms. The van der Waals surface area contributed by atoms with Gasteiger partial charge in [-0.2, -0.15) is 5.26 Å². The van der Waals surface area contributed by atoms with Crippen LogP contribution in [0.15, 0.2) is 36.7 Å². The van der Waals surface area contributed by atoms with Gasteiger partial charge in [0.2, 0.25) is 12.7 Å². The number of alkyl halides is 2. The molecule has 0 aliphatic carbocycles. The number of amides is 2. The number of ether oxygens (including phenoxy) is 2. The van der Waals surface area contributed by atoms with E-state index < -0.39 is 43.3 Å². The van der Waals surface area contributed by atoms with Crippen molar-refractivity contribution in [2.24, 2.45) is 0 Å². The van der Waals surface area contributed by atoms with E-state index in [0.29, 0.717) is 22.6 Å². The third-order valence-corrected chi connectivity index (χ3v) is 4.89. The molecule has 0 radical (unpaired) electrons. The van der Waals surface area contributed by atoms with Crippen LogP contribution in [-0.4, -0.2) is 53.5 Å². The van der Waals surface area contributed by atoms with Crippen LogP contribution in [0.5, 0.6) is 11.5 Å². The van der Waals surface area contributed by atoms with Gasteiger partial charge in [0.05, 0.1) is 24.7 Å². The van der Waals surface area contributed by atoms with Crippen LogP contribution in [0.4, 0.5) is 8.78 Å². The minimum Gasteiger partial charge on any atom is -0.454 e. The number of carbonyl (C=O) groups is 2. The molecule has 1 atom stereocenters. The summed E-state index contributed by atoms with van der Waals surface area (Å²) in [6.45, 7) is -1.23. The van der Waals surface area contributed by atoms with Crippen LogP contribution in [0.1, 0.15) is 16.8 Å². The van der Waals surface area contributed by atoms with E-state index in [-0.39, 0.29) is 12.4 Å². The smallest absolute Gasteiger partial charge is 0.268 e. The Morgan fingerprint density at radius 1 is 1.30 bits per heavy atom. The van der Waals surface area contributed by atoms with Gasteiger partial charge in [-0.3, -0.25) is 14.6 Å². The maximum absolute atomic E-state index is 13.5. The van der Waals surface area contributed by atoms with Crippen molar-refractivity contribution in [1.82, 2.24) is 15.2 Å². The minimum absolute atomic E-state index is 0.112. The van der Waals surface area contributed by atoms with Gasteiger partial charge in [0.15, 0.2) is 11.5 Å². The second-order valence-electron chi connectivity index (χ2n) is 6.90. The summed E-state index contributed by atoms with van der Waals surface area (Å²) in [7, 11) is 0. The molecule has 154 valence electrons. The van der Waals surface area contributed by atoms with Gasteiger partial charge in [-0.25, -0.2) is 8.78 Å². The lowest BCUT2D eigenvalue weighted by Gasteiger charge is -2.19. The van der Waals surface area contributed by atoms with Gasteiger partial charge < -0.3 is 19.7 Å². The van der Waals surface area contributed by atoms with E-state index in [9.17, 15) is 18.4 Å². The topological polar surface area (TPSA) is 105 Å². The Bertz CT molecular complexity index is 1050. The highest BCUT2D eigenvalue weighted by molar-refractivity contribution is 6.02. The molecule has 2 aliphatic rings. The number of rotatable bonds is 4. The lowest BCUT2D eigenvalue weighted by atomic mass is 10.0. The van der Waals surface area contributed by atoms with Crippen molar-refractivity contribution in [3.63, 3.8) is 0 Å². The molecule has 0 bridgehead atoms. The van der Waals surface area contributed by atoms with Gasteiger partial charge in [-0.1, -0.05) is 6.07 Å². The Morgan fingerprint density at radius 2 is 2.10 bits per heavy atom. The molecule has 4 rings (SSSR count). The van der Waals surface area contributed by atoms with Crippen molar-refractivity contribution in [3.8, 4) is 28.7 Å². The standard InChI is InChI=1S/C20H16F2N4O4/c21-20(22)6-13(7-23)26(10-20)18(27)9-25-19(28)14-3-4-24-8-15(14)12-1-2-16-17(5-12)30-11-29-16/h1-5,8,13H,6,9-11H2,(H,25,28)/t13-/m0/s1. The number of halogens is 2. The first-order chi connectivity index (χ1) is 14.4. The fourth-order valence-electron chi connectivity index (χ4n) is 3.43. The predicted octanol–water partition coefficient (Wildman–Crippen LogP) is 1.97. The van der Waals surface area contributed by atoms with Crippen LogP contribution in [-0.2, 0) is 4.79 Å². The fraction of sp³-hybridized carbons (Fsp3) is 0.300. The Kier molecular flexibility index (Phi) is 4.95. The van der Waals surface area contributed by atoms with E-state index in [1.165, 1.54) is 18.5 Å². The quantitative estimate of drug-likeness (QED) is 0.820. The number of nitriles is 1. The van der Waals surface area contributed by atoms with Crippen LogP contribution in [0.25, 0.3) is 11.1 Å². The molecule has 3 heterocycles. The molecule has 2 aliphatic heterocycles. The monoisotopic (exact) mass is 414 g/mol. The number of likely N-dealkylation sites (tertiary alicyclic amines) is 1. The van der Waals surface area contributed by atoms with Crippen molar-refractivity contribution in [2.75, 3.05) is 19.9 Å². The fourth-order valence-corrected chi connectivity index (χ4v) is 3.43. The van der Waals surface area contributed by atoms with E-state index in [4.69, 9.17) is 14.7 Å². The number of benzene rings is 1. The number of carbonyl (C=O) groups excluding carboxylic acids is 2. The zero-order valence-corrected chi connectivity index (χ0v) is 15.6. The van der Waals surface area contributed by atoms with E-state index in [2.05, 4.69) is 10.3 Å². The molecule has 1 fully saturated rings. The number of hydrogen-bond donors (Lipinski definition) is 1. The maximum atomic E-state index is 13.5. The summed E-state index contributed by atoms with van der Waals surface area (Å²) in [5.74, 6) is -3.30. The van der Waals surface area contributed by atoms with Crippen molar-refractivity contribution >= 4 is 11.8 Å². The van der Waals surface area contributed by atoms with E-state index in [1.807, 2.05) is 0 Å². The molecule has 1 saturated heterocycles. The van der Waals surface area contributed by atoms with Crippen LogP contribution < -0.4 is 14.8 Å². The number of fused-ring (bicyclic) bond motifs is 1. The molecule has 0 saturated carbocycles. The molecular formula is C20H16F2N4O4. The highest BCUT2D eigenvalue weighted by Gasteiger charge is 2.47. The van der Waals surface area contributed by atoms with E-state index >= 15 is 0 Å². The Hall–Kier alpha value is -3.74. The summed E-state index contributed by atoms with van der Waals surface area (Å²) in [6, 6.07) is 7.15. The summed E-state index contributed by atoms with van der Waals surface area (Å²) in [6.07, 6.45) is 2.22. The van der Waals surface area contributed by atoms with Crippen molar-refractivity contribution in [2.45, 2.75) is 18.4 Å². The zero-order chi connectivity index (χ0) is 21.3. The summed E-state index contributed by atoms with van der Waals surface area (Å²) in [5.41, 5.74) is 1.41. The highest BCUT2D eigenvalue weighted by atomic mass is 19.3. The van der Waals surface area contributed by atoms with Crippen molar-refractivity contribution in [3.05, 3.63) is 42.2 Å². The van der Waals surface area contributed by atoms with Crippen molar-refractivity contribution < 1.29 is 27.8 Å². The normalized spacial score (nSPS) is 18.7. The van der Waals surface area contributed by atoms with Crippen molar-refractivity contribution in [1.29, 1.82) is 5.26 Å². The minimum atomic E-state index is -3.11. The third-order valence-electron chi connectivity index (χ3n) is 4.89. The van der Waals surface area contributed by atoms with Gasteiger partial charge in [0.25, 0.3) is 11.8 Å². The van der Waals surface area contributed by atoms with Gasteiger partial charge in [0.1, 0.15) is 6.04 Å². The summed E-state index contributed by atoms with van der Waals surface area (Å²) in [4.78, 5) is 29.8. The van der Waals surface area contributed by atoms with Crippen LogP contribution >= 0.6 is 0 Å². The second-order valence-corrected chi connectivity index (χ2v) is 6.90. The van der Waals surface area contributed by atoms with Gasteiger partial charge in [0, 0.05) is 24.4 Å². The maximum Gasteiger partial charge on any atom is 0.268 e. The van der Waals surface area contributed by atoms with E-state index in [0.717, 1.165) is 4.90 Å². The first kappa shape index (κ1) is 19.6.